The van der Waals surface area contributed by atoms with Gasteiger partial charge in [0.05, 0.1) is 0 Å². The summed E-state index contributed by atoms with van der Waals surface area (Å²) in [5.41, 5.74) is 0.0508. The Bertz CT molecular complexity index is 456. The molecule has 1 heterocycles. The van der Waals surface area contributed by atoms with E-state index in [2.05, 4.69) is 5.10 Å². The minimum absolute atomic E-state index is 0.0420. The van der Waals surface area contributed by atoms with E-state index in [9.17, 15) is 9.59 Å². The van der Waals surface area contributed by atoms with Crippen LogP contribution in [-0.2, 0) is 6.54 Å². The third-order valence-electron chi connectivity index (χ3n) is 2.52. The molecule has 0 aliphatic heterocycles. The fraction of sp³-hybridized carbons (Fsp3) is 0.583. The molecule has 1 amide bonds. The number of aliphatic hydroxyl groups excluding tert-OH is 1. The summed E-state index contributed by atoms with van der Waals surface area (Å²) in [6, 6.07) is 2.79. The van der Waals surface area contributed by atoms with E-state index in [1.54, 1.807) is 7.05 Å². The zero-order valence-electron chi connectivity index (χ0n) is 10.8. The van der Waals surface area contributed by atoms with Gasteiger partial charge in [0.1, 0.15) is 5.69 Å². The van der Waals surface area contributed by atoms with Crippen LogP contribution in [0.15, 0.2) is 16.9 Å². The number of amides is 1. The first-order valence-electron chi connectivity index (χ1n) is 6.04. The first-order valence-corrected chi connectivity index (χ1v) is 6.04. The maximum atomic E-state index is 12.0. The van der Waals surface area contributed by atoms with Crippen LogP contribution < -0.4 is 5.56 Å². The molecular formula is C12H19N3O3. The molecule has 0 saturated heterocycles. The van der Waals surface area contributed by atoms with Crippen molar-refractivity contribution in [2.24, 2.45) is 0 Å². The standard InChI is InChI=1S/C12H19N3O3/c1-3-7-15-11(17)6-5-10(13-15)12(18)14(2)8-4-9-16/h5-6,16H,3-4,7-9H2,1-2H3. The second kappa shape index (κ2) is 6.90. The third-order valence-corrected chi connectivity index (χ3v) is 2.52. The van der Waals surface area contributed by atoms with Gasteiger partial charge in [-0.15, -0.1) is 0 Å². The first-order chi connectivity index (χ1) is 8.60. The normalized spacial score (nSPS) is 10.4. The minimum Gasteiger partial charge on any atom is -0.396 e. The molecule has 0 radical (unpaired) electrons. The van der Waals surface area contributed by atoms with Gasteiger partial charge in [-0.3, -0.25) is 9.59 Å². The highest BCUT2D eigenvalue weighted by atomic mass is 16.3. The molecule has 0 fully saturated rings. The topological polar surface area (TPSA) is 75.4 Å². The molecule has 0 aliphatic carbocycles. The molecule has 0 unspecified atom stereocenters. The number of aliphatic hydroxyl groups is 1. The van der Waals surface area contributed by atoms with Crippen molar-refractivity contribution in [1.29, 1.82) is 0 Å². The van der Waals surface area contributed by atoms with Crippen molar-refractivity contribution in [2.75, 3.05) is 20.2 Å². The molecule has 0 spiro atoms. The summed E-state index contributed by atoms with van der Waals surface area (Å²) in [5.74, 6) is -0.242. The Balaban J connectivity index is 2.85. The van der Waals surface area contributed by atoms with Crippen molar-refractivity contribution in [3.05, 3.63) is 28.2 Å². The zero-order chi connectivity index (χ0) is 13.5. The van der Waals surface area contributed by atoms with Crippen molar-refractivity contribution < 1.29 is 9.90 Å². The van der Waals surface area contributed by atoms with Crippen molar-refractivity contribution >= 4 is 5.91 Å². The maximum absolute atomic E-state index is 12.0. The van der Waals surface area contributed by atoms with Crippen LogP contribution in [0.4, 0.5) is 0 Å². The van der Waals surface area contributed by atoms with Crippen LogP contribution in [0.5, 0.6) is 0 Å². The van der Waals surface area contributed by atoms with Gasteiger partial charge in [-0.25, -0.2) is 4.68 Å². The van der Waals surface area contributed by atoms with E-state index < -0.39 is 0 Å². The molecule has 1 aromatic rings. The van der Waals surface area contributed by atoms with Crippen LogP contribution >= 0.6 is 0 Å². The van der Waals surface area contributed by atoms with Gasteiger partial charge >= 0.3 is 0 Å². The van der Waals surface area contributed by atoms with Gasteiger partial charge in [-0.2, -0.15) is 5.10 Å². The molecule has 1 rings (SSSR count). The quantitative estimate of drug-likeness (QED) is 0.780. The van der Waals surface area contributed by atoms with Crippen molar-refractivity contribution in [1.82, 2.24) is 14.7 Å². The Kier molecular flexibility index (Phi) is 5.51. The fourth-order valence-corrected chi connectivity index (χ4v) is 1.54. The summed E-state index contributed by atoms with van der Waals surface area (Å²) in [5, 5.41) is 12.8. The van der Waals surface area contributed by atoms with E-state index in [-0.39, 0.29) is 23.8 Å². The Labute approximate surface area is 106 Å². The van der Waals surface area contributed by atoms with Gasteiger partial charge < -0.3 is 10.0 Å². The second-order valence-electron chi connectivity index (χ2n) is 4.08. The summed E-state index contributed by atoms with van der Waals surface area (Å²) in [7, 11) is 1.65. The monoisotopic (exact) mass is 253 g/mol. The first kappa shape index (κ1) is 14.4. The Hall–Kier alpha value is -1.69. The molecule has 18 heavy (non-hydrogen) atoms. The third kappa shape index (κ3) is 3.66. The average Bonchev–Trinajstić information content (AvgIpc) is 2.38. The van der Waals surface area contributed by atoms with E-state index in [0.29, 0.717) is 19.5 Å². The number of carbonyl (C=O) groups is 1. The van der Waals surface area contributed by atoms with Crippen LogP contribution in [0.1, 0.15) is 30.3 Å². The van der Waals surface area contributed by atoms with Gasteiger partial charge in [0.15, 0.2) is 0 Å². The highest BCUT2D eigenvalue weighted by molar-refractivity contribution is 5.91. The molecule has 1 aromatic heterocycles. The van der Waals surface area contributed by atoms with Gasteiger partial charge in [-0.05, 0) is 18.9 Å². The largest absolute Gasteiger partial charge is 0.396 e. The van der Waals surface area contributed by atoms with Crippen LogP contribution in [-0.4, -0.2) is 45.9 Å². The molecule has 0 bridgehead atoms. The molecule has 6 nitrogen and oxygen atoms in total. The second-order valence-corrected chi connectivity index (χ2v) is 4.08. The number of carbonyl (C=O) groups excluding carboxylic acids is 1. The van der Waals surface area contributed by atoms with E-state index in [4.69, 9.17) is 5.11 Å². The van der Waals surface area contributed by atoms with Crippen LogP contribution in [0, 0.1) is 0 Å². The summed E-state index contributed by atoms with van der Waals surface area (Å²) >= 11 is 0. The number of nitrogens with zero attached hydrogens (tertiary/aromatic N) is 3. The van der Waals surface area contributed by atoms with Crippen LogP contribution in [0.3, 0.4) is 0 Å². The SMILES string of the molecule is CCCn1nc(C(=O)N(C)CCCO)ccc1=O. The van der Waals surface area contributed by atoms with Crippen molar-refractivity contribution in [3.8, 4) is 0 Å². The van der Waals surface area contributed by atoms with E-state index in [1.165, 1.54) is 21.7 Å². The molecule has 0 atom stereocenters. The lowest BCUT2D eigenvalue weighted by Gasteiger charge is -2.16. The fourth-order valence-electron chi connectivity index (χ4n) is 1.54. The van der Waals surface area contributed by atoms with Gasteiger partial charge in [0, 0.05) is 32.8 Å². The molecule has 6 heteroatoms. The van der Waals surface area contributed by atoms with Crippen LogP contribution in [0.25, 0.3) is 0 Å². The predicted molar refractivity (Wildman–Crippen MR) is 67.5 cm³/mol. The Morgan fingerprint density at radius 3 is 2.83 bits per heavy atom. The van der Waals surface area contributed by atoms with E-state index >= 15 is 0 Å². The number of hydrogen-bond acceptors (Lipinski definition) is 4. The molecule has 0 saturated carbocycles. The van der Waals surface area contributed by atoms with Gasteiger partial charge in [0.2, 0.25) is 0 Å². The highest BCUT2D eigenvalue weighted by Gasteiger charge is 2.13. The summed E-state index contributed by atoms with van der Waals surface area (Å²) in [6.45, 7) is 2.95. The van der Waals surface area contributed by atoms with E-state index in [1.807, 2.05) is 6.92 Å². The number of hydrogen-bond donors (Lipinski definition) is 1. The lowest BCUT2D eigenvalue weighted by molar-refractivity contribution is 0.0777. The van der Waals surface area contributed by atoms with Crippen LogP contribution in [0.2, 0.25) is 0 Å². The van der Waals surface area contributed by atoms with Gasteiger partial charge in [0.25, 0.3) is 11.5 Å². The van der Waals surface area contributed by atoms with Gasteiger partial charge in [-0.1, -0.05) is 6.92 Å². The number of rotatable bonds is 6. The number of aryl methyl sites for hydroxylation is 1. The Morgan fingerprint density at radius 1 is 1.50 bits per heavy atom. The smallest absolute Gasteiger partial charge is 0.274 e. The highest BCUT2D eigenvalue weighted by Crippen LogP contribution is 1.99. The summed E-state index contributed by atoms with van der Waals surface area (Å²) < 4.78 is 1.30. The average molecular weight is 253 g/mol. The Morgan fingerprint density at radius 2 is 2.22 bits per heavy atom. The summed E-state index contributed by atoms with van der Waals surface area (Å²) in [6.07, 6.45) is 1.31. The molecule has 0 aromatic carbocycles. The number of aromatic nitrogens is 2. The zero-order valence-corrected chi connectivity index (χ0v) is 10.8. The molecular weight excluding hydrogens is 234 g/mol. The predicted octanol–water partition coefficient (Wildman–Crippen LogP) is 0.108. The molecule has 1 N–H and O–H groups in total. The van der Waals surface area contributed by atoms with Crippen molar-refractivity contribution in [2.45, 2.75) is 26.3 Å². The van der Waals surface area contributed by atoms with E-state index in [0.717, 1.165) is 6.42 Å². The summed E-state index contributed by atoms with van der Waals surface area (Å²) in [4.78, 5) is 24.9. The molecule has 0 aliphatic rings. The molecule has 100 valence electrons. The lowest BCUT2D eigenvalue weighted by Crippen LogP contribution is -2.32. The lowest BCUT2D eigenvalue weighted by atomic mass is 10.3. The van der Waals surface area contributed by atoms with Crippen molar-refractivity contribution in [3.63, 3.8) is 0 Å². The maximum Gasteiger partial charge on any atom is 0.274 e. The minimum atomic E-state index is -0.242.